The van der Waals surface area contributed by atoms with Crippen molar-refractivity contribution in [2.24, 2.45) is 0 Å². The summed E-state index contributed by atoms with van der Waals surface area (Å²) in [5.41, 5.74) is 0. The van der Waals surface area contributed by atoms with Gasteiger partial charge in [0, 0.05) is 9.79 Å². The quantitative estimate of drug-likeness (QED) is 0.633. The minimum Gasteiger partial charge on any atom is -0.481 e. The molecule has 0 unspecified atom stereocenters. The predicted octanol–water partition coefficient (Wildman–Crippen LogP) is 4.37. The molecule has 2 aromatic carbocycles. The van der Waals surface area contributed by atoms with Crippen LogP contribution in [0.4, 0.5) is 0 Å². The van der Waals surface area contributed by atoms with Crippen LogP contribution in [0, 0.1) is 0 Å². The molecule has 0 aliphatic carbocycles. The van der Waals surface area contributed by atoms with Crippen molar-refractivity contribution in [1.82, 2.24) is 0 Å². The van der Waals surface area contributed by atoms with Gasteiger partial charge in [0.15, 0.2) is 0 Å². The molecule has 4 heteroatoms. The van der Waals surface area contributed by atoms with E-state index in [9.17, 15) is 4.79 Å². The Labute approximate surface area is 121 Å². The number of carboxylic acid groups (broad SMARTS) is 1. The normalized spacial score (nSPS) is 10.6. The van der Waals surface area contributed by atoms with Crippen molar-refractivity contribution < 1.29 is 9.90 Å². The van der Waals surface area contributed by atoms with Gasteiger partial charge in [-0.25, -0.2) is 0 Å². The Morgan fingerprint density at radius 1 is 0.895 bits per heavy atom. The molecular weight excluding hydrogens is 276 g/mol. The Hall–Kier alpha value is -1.39. The molecule has 0 aliphatic rings. The monoisotopic (exact) mass is 290 g/mol. The van der Waals surface area contributed by atoms with Gasteiger partial charge in [-0.2, -0.15) is 0 Å². The fourth-order valence-electron chi connectivity index (χ4n) is 1.55. The molecule has 0 amide bonds. The van der Waals surface area contributed by atoms with Crippen molar-refractivity contribution in [3.8, 4) is 0 Å². The highest BCUT2D eigenvalue weighted by Crippen LogP contribution is 2.37. The van der Waals surface area contributed by atoms with E-state index in [0.717, 1.165) is 9.79 Å². The summed E-state index contributed by atoms with van der Waals surface area (Å²) in [4.78, 5) is 13.2. The minimum absolute atomic E-state index is 0.0256. The molecule has 0 saturated heterocycles. The first-order valence-corrected chi connectivity index (χ1v) is 7.65. The Balaban J connectivity index is 2.06. The lowest BCUT2D eigenvalue weighted by Gasteiger charge is -2.14. The van der Waals surface area contributed by atoms with E-state index in [1.54, 1.807) is 23.5 Å². The lowest BCUT2D eigenvalue weighted by molar-refractivity contribution is -0.136. The summed E-state index contributed by atoms with van der Waals surface area (Å²) < 4.78 is -0.0256. The van der Waals surface area contributed by atoms with E-state index in [-0.39, 0.29) is 11.0 Å². The highest BCUT2D eigenvalue weighted by atomic mass is 32.2. The molecule has 2 rings (SSSR count). The first-order valence-electron chi connectivity index (χ1n) is 5.89. The third kappa shape index (κ3) is 5.01. The minimum atomic E-state index is -0.767. The zero-order valence-corrected chi connectivity index (χ0v) is 11.9. The van der Waals surface area contributed by atoms with Crippen LogP contribution in [-0.4, -0.2) is 15.7 Å². The molecule has 1 N–H and O–H groups in total. The number of aliphatic carboxylic acids is 1. The maximum Gasteiger partial charge on any atom is 0.305 e. The number of hydrogen-bond donors (Lipinski definition) is 1. The van der Waals surface area contributed by atoms with Crippen LogP contribution in [0.2, 0.25) is 0 Å². The summed E-state index contributed by atoms with van der Waals surface area (Å²) in [5, 5.41) is 9.01. The number of benzene rings is 2. The smallest absolute Gasteiger partial charge is 0.305 e. The van der Waals surface area contributed by atoms with Crippen LogP contribution < -0.4 is 0 Å². The van der Waals surface area contributed by atoms with Gasteiger partial charge in [0.1, 0.15) is 0 Å². The van der Waals surface area contributed by atoms with Crippen LogP contribution in [0.25, 0.3) is 0 Å². The Bertz CT molecular complexity index is 473. The molecule has 19 heavy (non-hydrogen) atoms. The molecule has 0 aliphatic heterocycles. The molecule has 0 fully saturated rings. The fraction of sp³-hybridized carbons (Fsp3) is 0.133. The molecule has 0 spiro atoms. The highest BCUT2D eigenvalue weighted by molar-refractivity contribution is 8.17. The lowest BCUT2D eigenvalue weighted by atomic mass is 10.4. The Morgan fingerprint density at radius 2 is 1.32 bits per heavy atom. The van der Waals surface area contributed by atoms with Crippen molar-refractivity contribution in [2.45, 2.75) is 20.8 Å². The average Bonchev–Trinajstić information content (AvgIpc) is 2.40. The number of carbonyl (C=O) groups is 1. The van der Waals surface area contributed by atoms with E-state index in [1.165, 1.54) is 0 Å². The molecule has 0 saturated carbocycles. The van der Waals surface area contributed by atoms with E-state index in [1.807, 2.05) is 60.7 Å². The Kier molecular flexibility index (Phi) is 5.36. The second kappa shape index (κ2) is 7.26. The molecule has 2 aromatic rings. The van der Waals surface area contributed by atoms with Gasteiger partial charge in [-0.1, -0.05) is 36.4 Å². The highest BCUT2D eigenvalue weighted by Gasteiger charge is 2.16. The molecular formula is C15H14O2S2. The Morgan fingerprint density at radius 3 is 1.68 bits per heavy atom. The maximum absolute atomic E-state index is 11.0. The van der Waals surface area contributed by atoms with E-state index in [4.69, 9.17) is 5.11 Å². The molecule has 0 atom stereocenters. The average molecular weight is 290 g/mol. The molecule has 98 valence electrons. The maximum atomic E-state index is 11.0. The van der Waals surface area contributed by atoms with Crippen LogP contribution in [-0.2, 0) is 4.79 Å². The molecule has 0 heterocycles. The largest absolute Gasteiger partial charge is 0.481 e. The number of thioether (sulfide) groups is 2. The third-order valence-electron chi connectivity index (χ3n) is 2.36. The molecule has 2 nitrogen and oxygen atoms in total. The van der Waals surface area contributed by atoms with Crippen LogP contribution in [0.5, 0.6) is 0 Å². The van der Waals surface area contributed by atoms with E-state index >= 15 is 0 Å². The van der Waals surface area contributed by atoms with Crippen LogP contribution in [0.3, 0.4) is 0 Å². The van der Waals surface area contributed by atoms with Gasteiger partial charge in [0.25, 0.3) is 0 Å². The number of rotatable bonds is 6. The predicted molar refractivity (Wildman–Crippen MR) is 80.6 cm³/mol. The zero-order valence-electron chi connectivity index (χ0n) is 10.2. The summed E-state index contributed by atoms with van der Waals surface area (Å²) in [5.74, 6) is -0.767. The van der Waals surface area contributed by atoms with Gasteiger partial charge in [-0.05, 0) is 24.3 Å². The topological polar surface area (TPSA) is 37.3 Å². The summed E-state index contributed by atoms with van der Waals surface area (Å²) in [6.07, 6.45) is 0.138. The van der Waals surface area contributed by atoms with Gasteiger partial charge in [0.05, 0.1) is 11.0 Å². The van der Waals surface area contributed by atoms with Gasteiger partial charge >= 0.3 is 5.97 Å². The van der Waals surface area contributed by atoms with Gasteiger partial charge in [0.2, 0.25) is 0 Å². The summed E-state index contributed by atoms with van der Waals surface area (Å²) in [7, 11) is 0. The fourth-order valence-corrected chi connectivity index (χ4v) is 4.10. The van der Waals surface area contributed by atoms with E-state index < -0.39 is 5.97 Å². The van der Waals surface area contributed by atoms with Crippen molar-refractivity contribution in [3.05, 3.63) is 60.7 Å². The number of carboxylic acids is 1. The molecule has 0 aromatic heterocycles. The SMILES string of the molecule is O=C(O)CC(Sc1ccccc1)Sc1ccccc1. The second-order valence-corrected chi connectivity index (χ2v) is 6.74. The summed E-state index contributed by atoms with van der Waals surface area (Å²) in [6.45, 7) is 0. The van der Waals surface area contributed by atoms with E-state index in [0.29, 0.717) is 0 Å². The number of hydrogen-bond acceptors (Lipinski definition) is 3. The second-order valence-electron chi connectivity index (χ2n) is 3.89. The zero-order chi connectivity index (χ0) is 13.5. The van der Waals surface area contributed by atoms with E-state index in [2.05, 4.69) is 0 Å². The van der Waals surface area contributed by atoms with Gasteiger partial charge in [-0.15, -0.1) is 23.5 Å². The van der Waals surface area contributed by atoms with Gasteiger partial charge < -0.3 is 5.11 Å². The molecule has 0 radical (unpaired) electrons. The van der Waals surface area contributed by atoms with Crippen LogP contribution in [0.15, 0.2) is 70.5 Å². The molecule has 0 bridgehead atoms. The van der Waals surface area contributed by atoms with Crippen molar-refractivity contribution in [3.63, 3.8) is 0 Å². The van der Waals surface area contributed by atoms with Crippen molar-refractivity contribution >= 4 is 29.5 Å². The van der Waals surface area contributed by atoms with Crippen LogP contribution >= 0.6 is 23.5 Å². The van der Waals surface area contributed by atoms with Crippen molar-refractivity contribution in [1.29, 1.82) is 0 Å². The lowest BCUT2D eigenvalue weighted by Crippen LogP contribution is -2.06. The van der Waals surface area contributed by atoms with Crippen molar-refractivity contribution in [2.75, 3.05) is 0 Å². The summed E-state index contributed by atoms with van der Waals surface area (Å²) >= 11 is 3.19. The third-order valence-corrected chi connectivity index (χ3v) is 4.89. The first-order chi connectivity index (χ1) is 9.24. The first kappa shape index (κ1) is 14.0. The summed E-state index contributed by atoms with van der Waals surface area (Å²) in [6, 6.07) is 19.8. The van der Waals surface area contributed by atoms with Crippen LogP contribution in [0.1, 0.15) is 6.42 Å². The standard InChI is InChI=1S/C15H14O2S2/c16-14(17)11-15(18-12-7-3-1-4-8-12)19-13-9-5-2-6-10-13/h1-10,15H,11H2,(H,16,17). The van der Waals surface area contributed by atoms with Gasteiger partial charge in [-0.3, -0.25) is 4.79 Å².